The molecule has 4 aliphatic rings. The summed E-state index contributed by atoms with van der Waals surface area (Å²) >= 11 is 6.32. The smallest absolute Gasteiger partial charge is 0.193 e. The van der Waals surface area contributed by atoms with Gasteiger partial charge in [-0.3, -0.25) is 14.6 Å². The number of rotatable bonds is 8. The van der Waals surface area contributed by atoms with Crippen molar-refractivity contribution in [2.75, 3.05) is 32.7 Å². The molecule has 1 unspecified atom stereocenters. The molecule has 5 nitrogen and oxygen atoms in total. The number of aliphatic hydroxyl groups excluding tert-OH is 1. The molecule has 5 aromatic rings. The maximum absolute atomic E-state index is 15.0. The van der Waals surface area contributed by atoms with Gasteiger partial charge in [0.05, 0.1) is 17.7 Å². The van der Waals surface area contributed by atoms with Crippen LogP contribution < -0.4 is 0 Å². The predicted molar refractivity (Wildman–Crippen MR) is 236 cm³/mol. The lowest BCUT2D eigenvalue weighted by atomic mass is 9.64. The fraction of sp³-hybridized carbons (Fsp3) is 0.365. The Labute approximate surface area is 350 Å². The summed E-state index contributed by atoms with van der Waals surface area (Å²) in [6.07, 6.45) is 6.92. The molecule has 0 amide bonds. The van der Waals surface area contributed by atoms with Gasteiger partial charge in [-0.15, -0.1) is 0 Å². The quantitative estimate of drug-likeness (QED) is 0.121. The lowest BCUT2D eigenvalue weighted by Crippen LogP contribution is -2.56. The van der Waals surface area contributed by atoms with Crippen molar-refractivity contribution in [1.82, 2.24) is 9.80 Å². The van der Waals surface area contributed by atoms with Crippen LogP contribution in [0.25, 0.3) is 11.1 Å². The van der Waals surface area contributed by atoms with E-state index in [1.807, 2.05) is 54.6 Å². The van der Waals surface area contributed by atoms with Gasteiger partial charge < -0.3 is 10.2 Å². The minimum absolute atomic E-state index is 0.00352. The van der Waals surface area contributed by atoms with Crippen molar-refractivity contribution in [3.8, 4) is 11.1 Å². The van der Waals surface area contributed by atoms with Gasteiger partial charge in [0.25, 0.3) is 0 Å². The number of carbonyl (C=O) groups excluding carboxylic acids is 1. The first kappa shape index (κ1) is 40.4. The molecular formula is C52H57ClN2O3. The summed E-state index contributed by atoms with van der Waals surface area (Å²) in [5.74, 6) is -0.0270. The third-order valence-corrected chi connectivity index (χ3v) is 14.0. The number of hydrogen-bond acceptors (Lipinski definition) is 5. The Balaban J connectivity index is 1.11. The molecular weight excluding hydrogens is 736 g/mol. The van der Waals surface area contributed by atoms with Gasteiger partial charge in [0, 0.05) is 54.3 Å². The first-order chi connectivity index (χ1) is 28.1. The van der Waals surface area contributed by atoms with Crippen LogP contribution in [0.5, 0.6) is 0 Å². The molecule has 300 valence electrons. The number of benzene rings is 5. The average Bonchev–Trinajstić information content (AvgIpc) is 3.50. The number of ketones is 1. The first-order valence-corrected chi connectivity index (χ1v) is 21.6. The highest BCUT2D eigenvalue weighted by molar-refractivity contribution is 6.30. The molecule has 0 aromatic heterocycles. The summed E-state index contributed by atoms with van der Waals surface area (Å²) in [5, 5.41) is 25.0. The number of β-amino-alcohol motifs (C(OH)–C–C–N with tert-alkyl or cyclic N) is 1. The minimum Gasteiger partial charge on any atom is -0.393 e. The molecule has 1 heterocycles. The zero-order valence-electron chi connectivity index (χ0n) is 34.0. The number of hydrogen-bond donors (Lipinski definition) is 2. The number of halogens is 1. The van der Waals surface area contributed by atoms with Crippen LogP contribution in [-0.4, -0.2) is 70.2 Å². The zero-order valence-corrected chi connectivity index (χ0v) is 34.8. The molecule has 5 atom stereocenters. The normalized spacial score (nSPS) is 25.1. The van der Waals surface area contributed by atoms with Crippen molar-refractivity contribution < 1.29 is 15.0 Å². The van der Waals surface area contributed by atoms with Crippen molar-refractivity contribution in [3.63, 3.8) is 0 Å². The lowest BCUT2D eigenvalue weighted by Gasteiger charge is -2.48. The topological polar surface area (TPSA) is 64.0 Å². The largest absolute Gasteiger partial charge is 0.393 e. The van der Waals surface area contributed by atoms with E-state index in [0.717, 1.165) is 79.1 Å². The maximum atomic E-state index is 15.0. The van der Waals surface area contributed by atoms with E-state index in [4.69, 9.17) is 11.6 Å². The van der Waals surface area contributed by atoms with Gasteiger partial charge >= 0.3 is 0 Å². The molecule has 58 heavy (non-hydrogen) atoms. The van der Waals surface area contributed by atoms with Crippen LogP contribution in [0.15, 0.2) is 139 Å². The van der Waals surface area contributed by atoms with Crippen LogP contribution in [-0.2, 0) is 6.42 Å². The molecule has 0 radical (unpaired) electrons. The summed E-state index contributed by atoms with van der Waals surface area (Å²) in [7, 11) is 0. The molecule has 2 bridgehead atoms. The summed E-state index contributed by atoms with van der Waals surface area (Å²) in [6, 6.07) is 43.5. The zero-order chi connectivity index (χ0) is 40.3. The van der Waals surface area contributed by atoms with Crippen LogP contribution in [0.4, 0.5) is 0 Å². The van der Waals surface area contributed by atoms with Crippen LogP contribution in [0.1, 0.15) is 103 Å². The van der Waals surface area contributed by atoms with Crippen molar-refractivity contribution >= 4 is 17.4 Å². The Morgan fingerprint density at radius 1 is 0.793 bits per heavy atom. The van der Waals surface area contributed by atoms with Crippen molar-refractivity contribution in [2.24, 2.45) is 5.41 Å². The molecule has 1 saturated carbocycles. The van der Waals surface area contributed by atoms with Gasteiger partial charge in [-0.2, -0.15) is 0 Å². The fourth-order valence-electron chi connectivity index (χ4n) is 10.3. The third-order valence-electron chi connectivity index (χ3n) is 13.7. The summed E-state index contributed by atoms with van der Waals surface area (Å²) in [6.45, 7) is 8.54. The van der Waals surface area contributed by atoms with Crippen LogP contribution in [0.2, 0.25) is 5.02 Å². The number of carbonyl (C=O) groups is 1. The van der Waals surface area contributed by atoms with E-state index in [1.165, 1.54) is 16.7 Å². The van der Waals surface area contributed by atoms with E-state index < -0.39 is 17.1 Å². The Morgan fingerprint density at radius 2 is 1.47 bits per heavy atom. The molecule has 5 aromatic carbocycles. The SMILES string of the molecule is CC1=CCC[C@@]2(C)[C@@H](CC[C@@]2(O)CN2CCN(C(c3ccccc3)c3ccc(Cl)cc3)CC2)c2ccc(cc2C(=O)c2ccccc2-c2ccccc2)C[C@@H](O)CC1. The standard InChI is InChI=1S/C52H57ClN2O3/c1-37-12-11-28-51(2)48(27-29-52(51,58)36-54-30-32-55(33-31-54)49(40-15-7-4-8-16-40)41-21-23-42(53)24-22-41)45-26-20-38(34-43(56)25-19-37)35-47(45)50(57)46-18-10-9-17-44(46)39-13-5-3-6-14-39/h3-10,12-18,20-24,26,35,43,48-49,56,58H,11,19,25,27-34,36H2,1-2H3/t43-,48-,49?,51-,52+/m0/s1. The molecule has 0 spiro atoms. The van der Waals surface area contributed by atoms with E-state index in [1.54, 1.807) is 0 Å². The monoisotopic (exact) mass is 792 g/mol. The highest BCUT2D eigenvalue weighted by atomic mass is 35.5. The Kier molecular flexibility index (Phi) is 12.2. The van der Waals surface area contributed by atoms with E-state index in [0.29, 0.717) is 36.9 Å². The summed E-state index contributed by atoms with van der Waals surface area (Å²) in [5.41, 5.74) is 7.61. The minimum atomic E-state index is -0.954. The predicted octanol–water partition coefficient (Wildman–Crippen LogP) is 10.7. The lowest BCUT2D eigenvalue weighted by molar-refractivity contribution is -0.0894. The van der Waals surface area contributed by atoms with Crippen molar-refractivity contribution in [1.29, 1.82) is 0 Å². The number of aliphatic hydroxyl groups is 2. The second-order valence-electron chi connectivity index (χ2n) is 17.4. The van der Waals surface area contributed by atoms with Crippen molar-refractivity contribution in [2.45, 2.75) is 82.5 Å². The number of fused-ring (bicyclic) bond motifs is 8. The second kappa shape index (κ2) is 17.5. The number of allylic oxidation sites excluding steroid dienone is 2. The average molecular weight is 793 g/mol. The highest BCUT2D eigenvalue weighted by Gasteiger charge is 2.57. The van der Waals surface area contributed by atoms with E-state index >= 15 is 4.79 Å². The second-order valence-corrected chi connectivity index (χ2v) is 17.8. The Morgan fingerprint density at radius 3 is 2.21 bits per heavy atom. The maximum Gasteiger partial charge on any atom is 0.193 e. The van der Waals surface area contributed by atoms with Gasteiger partial charge in [0.1, 0.15) is 0 Å². The van der Waals surface area contributed by atoms with E-state index in [-0.39, 0.29) is 17.7 Å². The van der Waals surface area contributed by atoms with Crippen LogP contribution >= 0.6 is 11.6 Å². The van der Waals surface area contributed by atoms with Crippen LogP contribution in [0.3, 0.4) is 0 Å². The number of piperazine rings is 1. The van der Waals surface area contributed by atoms with E-state index in [2.05, 4.69) is 103 Å². The van der Waals surface area contributed by atoms with Crippen molar-refractivity contribution in [3.05, 3.63) is 177 Å². The van der Waals surface area contributed by atoms with Gasteiger partial charge in [0.15, 0.2) is 5.78 Å². The number of nitrogens with zero attached hydrogens (tertiary/aromatic N) is 2. The molecule has 2 N–H and O–H groups in total. The Hall–Kier alpha value is -4.36. The van der Waals surface area contributed by atoms with Crippen LogP contribution in [0, 0.1) is 5.41 Å². The van der Waals surface area contributed by atoms with E-state index in [9.17, 15) is 10.2 Å². The van der Waals surface area contributed by atoms with Gasteiger partial charge in [-0.1, -0.05) is 139 Å². The highest BCUT2D eigenvalue weighted by Crippen LogP contribution is 2.59. The van der Waals surface area contributed by atoms with Gasteiger partial charge in [0.2, 0.25) is 0 Å². The molecule has 3 aliphatic carbocycles. The molecule has 6 heteroatoms. The van der Waals surface area contributed by atoms with Gasteiger partial charge in [-0.25, -0.2) is 0 Å². The first-order valence-electron chi connectivity index (χ1n) is 21.3. The summed E-state index contributed by atoms with van der Waals surface area (Å²) in [4.78, 5) is 20.1. The molecule has 1 saturated heterocycles. The Bertz CT molecular complexity index is 2220. The van der Waals surface area contributed by atoms with Gasteiger partial charge in [-0.05, 0) is 109 Å². The molecule has 9 rings (SSSR count). The third kappa shape index (κ3) is 8.39. The molecule has 2 fully saturated rings. The summed E-state index contributed by atoms with van der Waals surface area (Å²) < 4.78 is 0. The fourth-order valence-corrected chi connectivity index (χ4v) is 10.5. The molecule has 1 aliphatic heterocycles.